The summed E-state index contributed by atoms with van der Waals surface area (Å²) in [5.41, 5.74) is 0.850. The Balaban J connectivity index is 1.55. The van der Waals surface area contributed by atoms with Crippen LogP contribution in [-0.2, 0) is 21.2 Å². The molecule has 3 amide bonds. The molecule has 0 spiro atoms. The smallest absolute Gasteiger partial charge is 0.395 e. The number of fused-ring (bicyclic) bond motifs is 1. The van der Waals surface area contributed by atoms with Gasteiger partial charge in [0.15, 0.2) is 11.5 Å². The van der Waals surface area contributed by atoms with Gasteiger partial charge in [0.25, 0.3) is 10.0 Å². The van der Waals surface area contributed by atoms with Gasteiger partial charge in [-0.1, -0.05) is 54.1 Å². The molecule has 0 aromatic heterocycles. The Morgan fingerprint density at radius 1 is 1.00 bits per heavy atom. The number of nitrogens with one attached hydrogen (secondary N) is 2. The van der Waals surface area contributed by atoms with Crippen LogP contribution in [0.1, 0.15) is 5.56 Å². The van der Waals surface area contributed by atoms with Gasteiger partial charge in [0.2, 0.25) is 5.91 Å². The Labute approximate surface area is 216 Å². The van der Waals surface area contributed by atoms with E-state index in [0.717, 1.165) is 4.90 Å². The van der Waals surface area contributed by atoms with E-state index in [0.29, 0.717) is 5.56 Å². The normalized spacial score (nSPS) is 14.5. The van der Waals surface area contributed by atoms with Crippen LogP contribution < -0.4 is 24.4 Å². The number of carbonyl (C=O) groups excluding carboxylic acids is 2. The lowest BCUT2D eigenvalue weighted by Gasteiger charge is -2.25. The second-order valence-corrected chi connectivity index (χ2v) is 10.0. The average Bonchev–Trinajstić information content (AvgIpc) is 3.16. The molecule has 13 heteroatoms. The number of anilines is 1. The minimum atomic E-state index is -4.35. The predicted octanol–water partition coefficient (Wildman–Crippen LogP) is 3.92. The zero-order chi connectivity index (χ0) is 26.8. The molecule has 1 unspecified atom stereocenters. The van der Waals surface area contributed by atoms with Crippen molar-refractivity contribution in [3.8, 4) is 11.5 Å². The second-order valence-electron chi connectivity index (χ2n) is 7.95. The number of hydrogen-bond donors (Lipinski definition) is 2. The summed E-state index contributed by atoms with van der Waals surface area (Å²) >= 11 is 5.95. The summed E-state index contributed by atoms with van der Waals surface area (Å²) in [5.74, 6) is -1.12. The minimum Gasteiger partial charge on any atom is -0.395 e. The number of urea groups is 1. The van der Waals surface area contributed by atoms with E-state index in [1.165, 1.54) is 49.5 Å². The first-order chi connectivity index (χ1) is 17.4. The maximum atomic E-state index is 13.4. The molecule has 0 aliphatic carbocycles. The van der Waals surface area contributed by atoms with E-state index < -0.39 is 34.3 Å². The van der Waals surface area contributed by atoms with Crippen molar-refractivity contribution in [3.05, 3.63) is 83.4 Å². The first-order valence-corrected chi connectivity index (χ1v) is 12.6. The molecular weight excluding hydrogens is 532 g/mol. The first-order valence-electron chi connectivity index (χ1n) is 10.7. The molecule has 1 atom stereocenters. The van der Waals surface area contributed by atoms with E-state index in [9.17, 15) is 26.8 Å². The highest BCUT2D eigenvalue weighted by molar-refractivity contribution is 7.90. The van der Waals surface area contributed by atoms with Gasteiger partial charge in [0.1, 0.15) is 10.9 Å². The Morgan fingerprint density at radius 3 is 2.35 bits per heavy atom. The highest BCUT2D eigenvalue weighted by atomic mass is 35.5. The number of sulfonamides is 1. The van der Waals surface area contributed by atoms with Crippen molar-refractivity contribution < 1.29 is 36.3 Å². The lowest BCUT2D eigenvalue weighted by molar-refractivity contribution is -0.286. The number of nitrogens with zero attached hydrogens (tertiary/aromatic N) is 1. The van der Waals surface area contributed by atoms with E-state index in [1.54, 1.807) is 30.3 Å². The van der Waals surface area contributed by atoms with Crippen LogP contribution in [0, 0.1) is 0 Å². The van der Waals surface area contributed by atoms with E-state index in [2.05, 4.69) is 14.8 Å². The number of ether oxygens (including phenoxy) is 2. The summed E-state index contributed by atoms with van der Waals surface area (Å²) < 4.78 is 62.7. The van der Waals surface area contributed by atoms with Crippen LogP contribution in [0.5, 0.6) is 11.5 Å². The summed E-state index contributed by atoms with van der Waals surface area (Å²) in [6, 6.07) is 15.6. The van der Waals surface area contributed by atoms with Gasteiger partial charge in [-0.2, -0.15) is 0 Å². The number of alkyl halides is 2. The molecule has 9 nitrogen and oxygen atoms in total. The van der Waals surface area contributed by atoms with Crippen LogP contribution in [0.2, 0.25) is 5.02 Å². The zero-order valence-electron chi connectivity index (χ0n) is 19.2. The van der Waals surface area contributed by atoms with Gasteiger partial charge in [0, 0.05) is 25.2 Å². The van der Waals surface area contributed by atoms with E-state index in [4.69, 9.17) is 11.6 Å². The largest absolute Gasteiger partial charge is 0.586 e. The fourth-order valence-corrected chi connectivity index (χ4v) is 5.02. The second kappa shape index (κ2) is 10.2. The highest BCUT2D eigenvalue weighted by Gasteiger charge is 2.43. The summed E-state index contributed by atoms with van der Waals surface area (Å²) in [6.45, 7) is 0. The number of hydrogen-bond acceptors (Lipinski definition) is 6. The average molecular weight is 552 g/mol. The van der Waals surface area contributed by atoms with Gasteiger partial charge in [-0.05, 0) is 29.8 Å². The lowest BCUT2D eigenvalue weighted by Crippen LogP contribution is -2.52. The summed E-state index contributed by atoms with van der Waals surface area (Å²) in [5, 5.41) is 2.30. The molecule has 0 saturated heterocycles. The Hall–Kier alpha value is -3.90. The van der Waals surface area contributed by atoms with Crippen molar-refractivity contribution >= 4 is 39.2 Å². The molecule has 2 N–H and O–H groups in total. The molecule has 37 heavy (non-hydrogen) atoms. The van der Waals surface area contributed by atoms with E-state index in [-0.39, 0.29) is 33.5 Å². The van der Waals surface area contributed by atoms with Crippen LogP contribution in [0.25, 0.3) is 0 Å². The molecule has 0 bridgehead atoms. The summed E-state index contributed by atoms with van der Waals surface area (Å²) in [4.78, 5) is 26.9. The number of amides is 3. The van der Waals surface area contributed by atoms with Crippen LogP contribution in [0.4, 0.5) is 19.3 Å². The molecule has 4 rings (SSSR count). The quantitative estimate of drug-likeness (QED) is 0.460. The molecule has 194 valence electrons. The molecule has 1 aliphatic heterocycles. The number of benzene rings is 3. The molecule has 0 saturated carbocycles. The Morgan fingerprint density at radius 2 is 1.65 bits per heavy atom. The fraction of sp³-hybridized carbons (Fsp3) is 0.167. The summed E-state index contributed by atoms with van der Waals surface area (Å²) in [6.07, 6.45) is -3.82. The number of rotatable bonds is 7. The van der Waals surface area contributed by atoms with Crippen molar-refractivity contribution in [1.82, 2.24) is 10.0 Å². The van der Waals surface area contributed by atoms with Gasteiger partial charge in [-0.25, -0.2) is 17.9 Å². The van der Waals surface area contributed by atoms with Crippen LogP contribution in [0.3, 0.4) is 0 Å². The van der Waals surface area contributed by atoms with E-state index >= 15 is 0 Å². The molecule has 1 aliphatic rings. The zero-order valence-corrected chi connectivity index (χ0v) is 20.7. The third-order valence-electron chi connectivity index (χ3n) is 5.34. The van der Waals surface area contributed by atoms with Gasteiger partial charge in [-0.3, -0.25) is 4.79 Å². The Bertz CT molecular complexity index is 1440. The molecular formula is C24H20ClF2N3O6S. The lowest BCUT2D eigenvalue weighted by atomic mass is 10.0. The van der Waals surface area contributed by atoms with E-state index in [1.807, 2.05) is 4.72 Å². The standard InChI is InChI=1S/C24H20ClF2N3O6S/c1-30(16-11-12-19-20(14-16)36-24(26,27)35-19)22(31)18(13-15-7-3-2-4-8-15)28-23(32)29-37(33,34)21-10-6-5-9-17(21)25/h2-12,14,18H,13H2,1H3,(H2,28,29,32). The summed E-state index contributed by atoms with van der Waals surface area (Å²) in [7, 11) is -2.97. The van der Waals surface area contributed by atoms with Gasteiger partial charge >= 0.3 is 12.3 Å². The third kappa shape index (κ3) is 6.09. The molecule has 0 radical (unpaired) electrons. The van der Waals surface area contributed by atoms with Crippen molar-refractivity contribution in [2.24, 2.45) is 0 Å². The fourth-order valence-electron chi connectivity index (χ4n) is 3.58. The minimum absolute atomic E-state index is 0.00615. The predicted molar refractivity (Wildman–Crippen MR) is 130 cm³/mol. The van der Waals surface area contributed by atoms with Crippen molar-refractivity contribution in [1.29, 1.82) is 0 Å². The van der Waals surface area contributed by atoms with Gasteiger partial charge in [-0.15, -0.1) is 8.78 Å². The van der Waals surface area contributed by atoms with Gasteiger partial charge < -0.3 is 19.7 Å². The maximum absolute atomic E-state index is 13.4. The van der Waals surface area contributed by atoms with Crippen molar-refractivity contribution in [2.45, 2.75) is 23.7 Å². The number of likely N-dealkylation sites (N-methyl/N-ethyl adjacent to an activating group) is 1. The highest BCUT2D eigenvalue weighted by Crippen LogP contribution is 2.42. The molecule has 1 heterocycles. The topological polar surface area (TPSA) is 114 Å². The van der Waals surface area contributed by atoms with Crippen LogP contribution in [-0.4, -0.2) is 39.7 Å². The SMILES string of the molecule is CN(C(=O)C(Cc1ccccc1)NC(=O)NS(=O)(=O)c1ccccc1Cl)c1ccc2c(c1)OC(F)(F)O2. The van der Waals surface area contributed by atoms with Crippen LogP contribution >= 0.6 is 11.6 Å². The first kappa shape index (κ1) is 26.2. The van der Waals surface area contributed by atoms with Gasteiger partial charge in [0.05, 0.1) is 5.02 Å². The molecule has 3 aromatic carbocycles. The third-order valence-corrected chi connectivity index (χ3v) is 7.17. The van der Waals surface area contributed by atoms with Crippen LogP contribution in [0.15, 0.2) is 77.7 Å². The maximum Gasteiger partial charge on any atom is 0.586 e. The molecule has 3 aromatic rings. The Kier molecular flexibility index (Phi) is 7.23. The number of halogens is 3. The van der Waals surface area contributed by atoms with Crippen molar-refractivity contribution in [2.75, 3.05) is 11.9 Å². The number of carbonyl (C=O) groups is 2. The molecule has 0 fully saturated rings. The van der Waals surface area contributed by atoms with Crippen molar-refractivity contribution in [3.63, 3.8) is 0 Å². The monoisotopic (exact) mass is 551 g/mol.